The third-order valence-electron chi connectivity index (χ3n) is 4.62. The molecule has 1 atom stereocenters. The summed E-state index contributed by atoms with van der Waals surface area (Å²) >= 11 is 1.72. The van der Waals surface area contributed by atoms with Crippen molar-refractivity contribution in [1.29, 1.82) is 0 Å². The molecule has 1 saturated heterocycles. The molecule has 3 rings (SSSR count). The summed E-state index contributed by atoms with van der Waals surface area (Å²) in [6.45, 7) is 7.65. The lowest BCUT2D eigenvalue weighted by Crippen LogP contribution is -2.48. The van der Waals surface area contributed by atoms with Gasteiger partial charge in [-0.15, -0.1) is 11.3 Å². The van der Waals surface area contributed by atoms with E-state index in [0.717, 1.165) is 55.2 Å². The van der Waals surface area contributed by atoms with E-state index < -0.39 is 0 Å². The lowest BCUT2D eigenvalue weighted by Gasteiger charge is -2.34. The number of fused-ring (bicyclic) bond motifs is 1. The maximum atomic E-state index is 10.5. The highest BCUT2D eigenvalue weighted by Gasteiger charge is 2.19. The van der Waals surface area contributed by atoms with Crippen molar-refractivity contribution in [2.75, 3.05) is 58.3 Å². The highest BCUT2D eigenvalue weighted by molar-refractivity contribution is 7.18. The fraction of sp³-hybridized carbons (Fsp3) is 0.647. The molecular weight excluding hydrogens is 322 g/mol. The predicted molar refractivity (Wildman–Crippen MR) is 100 cm³/mol. The molecule has 0 aliphatic carbocycles. The second-order valence-corrected chi connectivity index (χ2v) is 7.74. The number of aliphatic hydroxyl groups is 1. The molecule has 24 heavy (non-hydrogen) atoms. The zero-order valence-electron chi connectivity index (χ0n) is 14.8. The summed E-state index contributed by atoms with van der Waals surface area (Å²) in [4.78, 5) is 17.9. The fourth-order valence-corrected chi connectivity index (χ4v) is 4.09. The molecule has 7 heteroatoms. The van der Waals surface area contributed by atoms with Crippen molar-refractivity contribution in [2.24, 2.45) is 0 Å². The van der Waals surface area contributed by atoms with Gasteiger partial charge in [0.25, 0.3) is 0 Å². The Hall–Kier alpha value is -1.28. The van der Waals surface area contributed by atoms with Gasteiger partial charge >= 0.3 is 0 Å². The molecule has 1 N–H and O–H groups in total. The average Bonchev–Trinajstić information content (AvgIpc) is 3.00. The second kappa shape index (κ2) is 7.74. The number of aromatic nitrogens is 2. The van der Waals surface area contributed by atoms with Crippen molar-refractivity contribution in [3.8, 4) is 0 Å². The van der Waals surface area contributed by atoms with Crippen molar-refractivity contribution in [3.63, 3.8) is 0 Å². The van der Waals surface area contributed by atoms with E-state index in [0.29, 0.717) is 6.54 Å². The van der Waals surface area contributed by atoms with Gasteiger partial charge < -0.3 is 14.9 Å². The fourth-order valence-electron chi connectivity index (χ4n) is 3.16. The number of rotatable bonds is 6. The van der Waals surface area contributed by atoms with E-state index in [1.807, 2.05) is 7.05 Å². The third kappa shape index (κ3) is 4.03. The Kier molecular flexibility index (Phi) is 5.65. The summed E-state index contributed by atoms with van der Waals surface area (Å²) in [5, 5.41) is 11.6. The predicted octanol–water partition coefficient (Wildman–Crippen LogP) is 1.30. The second-order valence-electron chi connectivity index (χ2n) is 6.62. The first kappa shape index (κ1) is 17.5. The average molecular weight is 350 g/mol. The Morgan fingerprint density at radius 1 is 1.29 bits per heavy atom. The molecule has 0 spiro atoms. The zero-order valence-corrected chi connectivity index (χ0v) is 15.6. The van der Waals surface area contributed by atoms with Crippen molar-refractivity contribution >= 4 is 27.4 Å². The Bertz CT molecular complexity index is 668. The maximum Gasteiger partial charge on any atom is 0.140 e. The number of β-amino-alcohol motifs (C(OH)–C–C–N with tert-alkyl or cyclic N) is 1. The van der Waals surface area contributed by atoms with Crippen LogP contribution in [0.5, 0.6) is 0 Å². The number of aryl methyl sites for hydroxylation is 1. The molecule has 2 aromatic heterocycles. The number of likely N-dealkylation sites (N-methyl/N-ethyl adjacent to an activating group) is 2. The first-order valence-corrected chi connectivity index (χ1v) is 9.42. The van der Waals surface area contributed by atoms with E-state index in [2.05, 4.69) is 44.7 Å². The number of hydrogen-bond acceptors (Lipinski definition) is 7. The van der Waals surface area contributed by atoms with Gasteiger partial charge in [-0.05, 0) is 19.5 Å². The summed E-state index contributed by atoms with van der Waals surface area (Å²) in [6, 6.07) is 2.18. The number of anilines is 1. The van der Waals surface area contributed by atoms with Crippen LogP contribution in [-0.4, -0.2) is 84.3 Å². The van der Waals surface area contributed by atoms with Gasteiger partial charge in [0, 0.05) is 51.2 Å². The van der Waals surface area contributed by atoms with E-state index in [9.17, 15) is 5.11 Å². The molecule has 2 aromatic rings. The number of aliphatic hydroxyl groups excluding tert-OH is 1. The van der Waals surface area contributed by atoms with Crippen LogP contribution in [0.1, 0.15) is 11.8 Å². The van der Waals surface area contributed by atoms with Gasteiger partial charge in [-0.1, -0.05) is 6.92 Å². The molecule has 6 nitrogen and oxygen atoms in total. The molecule has 0 radical (unpaired) electrons. The van der Waals surface area contributed by atoms with Gasteiger partial charge in [-0.2, -0.15) is 0 Å². The monoisotopic (exact) mass is 349 g/mol. The molecule has 0 amide bonds. The Morgan fingerprint density at radius 2 is 2.04 bits per heavy atom. The van der Waals surface area contributed by atoms with Crippen molar-refractivity contribution in [1.82, 2.24) is 19.8 Å². The van der Waals surface area contributed by atoms with Crippen molar-refractivity contribution in [2.45, 2.75) is 19.4 Å². The van der Waals surface area contributed by atoms with E-state index in [1.165, 1.54) is 4.88 Å². The first-order valence-electron chi connectivity index (χ1n) is 8.60. The highest BCUT2D eigenvalue weighted by Crippen LogP contribution is 2.30. The van der Waals surface area contributed by atoms with Gasteiger partial charge in [0.05, 0.1) is 11.5 Å². The summed E-state index contributed by atoms with van der Waals surface area (Å²) in [7, 11) is 4.14. The van der Waals surface area contributed by atoms with Crippen LogP contribution in [0.15, 0.2) is 12.4 Å². The maximum absolute atomic E-state index is 10.5. The normalized spacial score (nSPS) is 18.2. The summed E-state index contributed by atoms with van der Waals surface area (Å²) in [5.74, 6) is 0.911. The number of nitrogens with zero attached hydrogens (tertiary/aromatic N) is 5. The van der Waals surface area contributed by atoms with E-state index in [1.54, 1.807) is 17.7 Å². The molecular formula is C17H27N5OS. The molecule has 0 bridgehead atoms. The van der Waals surface area contributed by atoms with E-state index in [-0.39, 0.29) is 6.10 Å². The molecule has 1 unspecified atom stereocenters. The molecule has 1 aliphatic rings. The molecule has 132 valence electrons. The SMILES string of the molecule is CCc1cc2c(N(C)CC(O)CN3CCN(C)CC3)ncnc2s1. The van der Waals surface area contributed by atoms with Gasteiger partial charge in [-0.25, -0.2) is 9.97 Å². The zero-order chi connectivity index (χ0) is 17.1. The lowest BCUT2D eigenvalue weighted by molar-refractivity contribution is 0.0842. The minimum Gasteiger partial charge on any atom is -0.390 e. The number of piperazine rings is 1. The van der Waals surface area contributed by atoms with Gasteiger partial charge in [-0.3, -0.25) is 4.90 Å². The van der Waals surface area contributed by atoms with E-state index in [4.69, 9.17) is 0 Å². The summed E-state index contributed by atoms with van der Waals surface area (Å²) in [6.07, 6.45) is 2.25. The molecule has 0 saturated carbocycles. The van der Waals surface area contributed by atoms with Gasteiger partial charge in [0.1, 0.15) is 17.0 Å². The molecule has 1 aliphatic heterocycles. The quantitative estimate of drug-likeness (QED) is 0.848. The van der Waals surface area contributed by atoms with Crippen LogP contribution in [-0.2, 0) is 6.42 Å². The topological polar surface area (TPSA) is 55.7 Å². The van der Waals surface area contributed by atoms with Crippen LogP contribution in [0.4, 0.5) is 5.82 Å². The summed E-state index contributed by atoms with van der Waals surface area (Å²) in [5.41, 5.74) is 0. The van der Waals surface area contributed by atoms with Crippen LogP contribution in [0.25, 0.3) is 10.2 Å². The minimum absolute atomic E-state index is 0.382. The van der Waals surface area contributed by atoms with E-state index >= 15 is 0 Å². The van der Waals surface area contributed by atoms with Crippen LogP contribution >= 0.6 is 11.3 Å². The molecule has 1 fully saturated rings. The summed E-state index contributed by atoms with van der Waals surface area (Å²) < 4.78 is 0. The van der Waals surface area contributed by atoms with Gasteiger partial charge in [0.2, 0.25) is 0 Å². The Labute approximate surface area is 147 Å². The molecule has 3 heterocycles. The van der Waals surface area contributed by atoms with Crippen molar-refractivity contribution < 1.29 is 5.11 Å². The number of thiophene rings is 1. The lowest BCUT2D eigenvalue weighted by atomic mass is 10.2. The number of hydrogen-bond donors (Lipinski definition) is 1. The minimum atomic E-state index is -0.382. The highest BCUT2D eigenvalue weighted by atomic mass is 32.1. The smallest absolute Gasteiger partial charge is 0.140 e. The Balaban J connectivity index is 1.64. The standard InChI is InChI=1S/C17H27N5OS/c1-4-14-9-15-16(18-12-19-17(15)24-14)21(3)10-13(23)11-22-7-5-20(2)6-8-22/h9,12-13,23H,4-8,10-11H2,1-3H3. The largest absolute Gasteiger partial charge is 0.390 e. The Morgan fingerprint density at radius 3 is 2.75 bits per heavy atom. The third-order valence-corrected chi connectivity index (χ3v) is 5.81. The van der Waals surface area contributed by atoms with Crippen LogP contribution in [0.2, 0.25) is 0 Å². The molecule has 0 aromatic carbocycles. The first-order chi connectivity index (χ1) is 11.6. The van der Waals surface area contributed by atoms with Crippen LogP contribution < -0.4 is 4.90 Å². The van der Waals surface area contributed by atoms with Gasteiger partial charge in [0.15, 0.2) is 0 Å². The van der Waals surface area contributed by atoms with Crippen molar-refractivity contribution in [3.05, 3.63) is 17.3 Å². The van der Waals surface area contributed by atoms with Crippen LogP contribution in [0, 0.1) is 0 Å². The van der Waals surface area contributed by atoms with Crippen LogP contribution in [0.3, 0.4) is 0 Å².